The Morgan fingerprint density at radius 2 is 1.80 bits per heavy atom. The molecule has 1 aromatic carbocycles. The molecule has 2 rings (SSSR count). The van der Waals surface area contributed by atoms with Crippen LogP contribution in [0.1, 0.15) is 44.2 Å². The van der Waals surface area contributed by atoms with Crippen molar-refractivity contribution < 1.29 is 4.79 Å². The Hall–Kier alpha value is -0.870. The third-order valence-corrected chi connectivity index (χ3v) is 4.34. The number of carbonyl (C=O) groups is 1. The minimum Gasteiger partial charge on any atom is -0.348 e. The molecule has 0 aromatic heterocycles. The normalized spacial score (nSPS) is 18.3. The molecule has 0 bridgehead atoms. The summed E-state index contributed by atoms with van der Waals surface area (Å²) in [6.07, 6.45) is 5.03. The lowest BCUT2D eigenvalue weighted by Crippen LogP contribution is -2.38. The molecule has 0 spiro atoms. The lowest BCUT2D eigenvalue weighted by Gasteiger charge is -2.21. The number of benzene rings is 1. The molecule has 1 aliphatic heterocycles. The molecule has 1 N–H and O–H groups in total. The molecule has 1 amide bonds. The van der Waals surface area contributed by atoms with Gasteiger partial charge in [0.05, 0.1) is 12.6 Å². The third kappa shape index (κ3) is 4.91. The molecular weight excluding hydrogens is 316 g/mol. The minimum atomic E-state index is 0.0579. The van der Waals surface area contributed by atoms with Crippen molar-refractivity contribution in [2.24, 2.45) is 0 Å². The summed E-state index contributed by atoms with van der Waals surface area (Å²) >= 11 is 3.42. The molecule has 20 heavy (non-hydrogen) atoms. The van der Waals surface area contributed by atoms with Gasteiger partial charge in [-0.05, 0) is 50.6 Å². The monoisotopic (exact) mass is 338 g/mol. The third-order valence-electron chi connectivity index (χ3n) is 3.81. The van der Waals surface area contributed by atoms with Crippen LogP contribution in [0.3, 0.4) is 0 Å². The van der Waals surface area contributed by atoms with Crippen LogP contribution in [0.5, 0.6) is 0 Å². The van der Waals surface area contributed by atoms with Crippen LogP contribution in [0.15, 0.2) is 28.7 Å². The van der Waals surface area contributed by atoms with E-state index in [1.54, 1.807) is 0 Å². The predicted molar refractivity (Wildman–Crippen MR) is 85.6 cm³/mol. The topological polar surface area (TPSA) is 32.3 Å². The minimum absolute atomic E-state index is 0.0579. The number of likely N-dealkylation sites (tertiary alicyclic amines) is 1. The fourth-order valence-corrected chi connectivity index (χ4v) is 2.88. The summed E-state index contributed by atoms with van der Waals surface area (Å²) in [5.74, 6) is 0.127. The molecule has 0 aliphatic carbocycles. The molecule has 1 aliphatic rings. The van der Waals surface area contributed by atoms with Gasteiger partial charge in [-0.15, -0.1) is 0 Å². The number of carbonyl (C=O) groups excluding carboxylic acids is 1. The molecule has 1 fully saturated rings. The second-order valence-electron chi connectivity index (χ2n) is 5.53. The highest BCUT2D eigenvalue weighted by atomic mass is 79.9. The summed E-state index contributed by atoms with van der Waals surface area (Å²) in [6.45, 7) is 4.67. The zero-order valence-electron chi connectivity index (χ0n) is 12.1. The van der Waals surface area contributed by atoms with Gasteiger partial charge in [0.2, 0.25) is 5.91 Å². The summed E-state index contributed by atoms with van der Waals surface area (Å²) < 4.78 is 1.06. The number of hydrogen-bond donors (Lipinski definition) is 1. The van der Waals surface area contributed by atoms with E-state index in [9.17, 15) is 4.79 Å². The Morgan fingerprint density at radius 1 is 1.20 bits per heavy atom. The number of nitrogens with one attached hydrogen (secondary N) is 1. The highest BCUT2D eigenvalue weighted by Gasteiger charge is 2.15. The summed E-state index contributed by atoms with van der Waals surface area (Å²) in [4.78, 5) is 14.4. The average Bonchev–Trinajstić information content (AvgIpc) is 2.68. The Labute approximate surface area is 129 Å². The number of amides is 1. The van der Waals surface area contributed by atoms with Crippen molar-refractivity contribution in [2.45, 2.75) is 38.6 Å². The summed E-state index contributed by atoms with van der Waals surface area (Å²) in [5.41, 5.74) is 1.14. The van der Waals surface area contributed by atoms with Crippen molar-refractivity contribution in [1.82, 2.24) is 10.2 Å². The number of nitrogens with zero attached hydrogens (tertiary/aromatic N) is 1. The molecule has 0 saturated carbocycles. The molecule has 1 aromatic rings. The molecule has 0 radical (unpaired) electrons. The van der Waals surface area contributed by atoms with Gasteiger partial charge in [0, 0.05) is 4.47 Å². The first kappa shape index (κ1) is 15.5. The van der Waals surface area contributed by atoms with E-state index in [1.807, 2.05) is 31.2 Å². The van der Waals surface area contributed by atoms with Crippen molar-refractivity contribution >= 4 is 21.8 Å². The second-order valence-corrected chi connectivity index (χ2v) is 6.45. The number of hydrogen-bond acceptors (Lipinski definition) is 2. The zero-order chi connectivity index (χ0) is 14.4. The van der Waals surface area contributed by atoms with Crippen LogP contribution >= 0.6 is 15.9 Å². The molecule has 4 heteroatoms. The van der Waals surface area contributed by atoms with Crippen molar-refractivity contribution in [3.63, 3.8) is 0 Å². The fourth-order valence-electron chi connectivity index (χ4n) is 2.62. The standard InChI is InChI=1S/C16H23BrN2O/c1-13(14-6-8-15(17)9-7-14)18-16(20)12-19-10-4-2-3-5-11-19/h6-9,13H,2-5,10-12H2,1H3,(H,18,20). The average molecular weight is 339 g/mol. The molecule has 3 nitrogen and oxygen atoms in total. The highest BCUT2D eigenvalue weighted by Crippen LogP contribution is 2.16. The SMILES string of the molecule is CC(NC(=O)CN1CCCCCC1)c1ccc(Br)cc1. The zero-order valence-corrected chi connectivity index (χ0v) is 13.7. The number of rotatable bonds is 4. The highest BCUT2D eigenvalue weighted by molar-refractivity contribution is 9.10. The molecule has 1 unspecified atom stereocenters. The van der Waals surface area contributed by atoms with Gasteiger partial charge < -0.3 is 5.32 Å². The first-order chi connectivity index (χ1) is 9.65. The summed E-state index contributed by atoms with van der Waals surface area (Å²) in [6, 6.07) is 8.16. The van der Waals surface area contributed by atoms with E-state index in [1.165, 1.54) is 25.7 Å². The van der Waals surface area contributed by atoms with E-state index in [-0.39, 0.29) is 11.9 Å². The van der Waals surface area contributed by atoms with E-state index in [0.717, 1.165) is 23.1 Å². The maximum atomic E-state index is 12.1. The largest absolute Gasteiger partial charge is 0.348 e. The van der Waals surface area contributed by atoms with E-state index in [2.05, 4.69) is 26.1 Å². The van der Waals surface area contributed by atoms with Crippen LogP contribution < -0.4 is 5.32 Å². The molecular formula is C16H23BrN2O. The summed E-state index contributed by atoms with van der Waals surface area (Å²) in [7, 11) is 0. The molecule has 1 heterocycles. The maximum Gasteiger partial charge on any atom is 0.234 e. The van der Waals surface area contributed by atoms with Crippen molar-refractivity contribution in [1.29, 1.82) is 0 Å². The van der Waals surface area contributed by atoms with E-state index < -0.39 is 0 Å². The first-order valence-corrected chi connectivity index (χ1v) is 8.21. The Kier molecular flexibility index (Phi) is 6.05. The van der Waals surface area contributed by atoms with Gasteiger partial charge in [-0.1, -0.05) is 40.9 Å². The van der Waals surface area contributed by atoms with Crippen LogP contribution in [0.4, 0.5) is 0 Å². The molecule has 1 atom stereocenters. The van der Waals surface area contributed by atoms with Gasteiger partial charge in [-0.3, -0.25) is 9.69 Å². The fraction of sp³-hybridized carbons (Fsp3) is 0.562. The van der Waals surface area contributed by atoms with Gasteiger partial charge in [0.1, 0.15) is 0 Å². The predicted octanol–water partition coefficient (Wildman–Crippen LogP) is 3.50. The van der Waals surface area contributed by atoms with Crippen molar-refractivity contribution in [3.05, 3.63) is 34.3 Å². The van der Waals surface area contributed by atoms with Crippen LogP contribution in [-0.4, -0.2) is 30.4 Å². The lowest BCUT2D eigenvalue weighted by atomic mass is 10.1. The molecule has 110 valence electrons. The van der Waals surface area contributed by atoms with E-state index in [0.29, 0.717) is 6.54 Å². The van der Waals surface area contributed by atoms with Gasteiger partial charge in [0.15, 0.2) is 0 Å². The van der Waals surface area contributed by atoms with Crippen LogP contribution in [-0.2, 0) is 4.79 Å². The Morgan fingerprint density at radius 3 is 2.40 bits per heavy atom. The van der Waals surface area contributed by atoms with Gasteiger partial charge >= 0.3 is 0 Å². The van der Waals surface area contributed by atoms with Crippen molar-refractivity contribution in [3.8, 4) is 0 Å². The van der Waals surface area contributed by atoms with Crippen LogP contribution in [0, 0.1) is 0 Å². The Bertz CT molecular complexity index is 425. The van der Waals surface area contributed by atoms with Crippen molar-refractivity contribution in [2.75, 3.05) is 19.6 Å². The van der Waals surface area contributed by atoms with E-state index >= 15 is 0 Å². The number of halogens is 1. The second kappa shape index (κ2) is 7.79. The summed E-state index contributed by atoms with van der Waals surface area (Å²) in [5, 5.41) is 3.09. The lowest BCUT2D eigenvalue weighted by molar-refractivity contribution is -0.122. The van der Waals surface area contributed by atoms with Gasteiger partial charge in [-0.2, -0.15) is 0 Å². The van der Waals surface area contributed by atoms with E-state index in [4.69, 9.17) is 0 Å². The van der Waals surface area contributed by atoms with Gasteiger partial charge in [-0.25, -0.2) is 0 Å². The quantitative estimate of drug-likeness (QED) is 0.911. The Balaban J connectivity index is 1.82. The van der Waals surface area contributed by atoms with Crippen LogP contribution in [0.2, 0.25) is 0 Å². The smallest absolute Gasteiger partial charge is 0.234 e. The van der Waals surface area contributed by atoms with Crippen LogP contribution in [0.25, 0.3) is 0 Å². The maximum absolute atomic E-state index is 12.1. The first-order valence-electron chi connectivity index (χ1n) is 7.42. The van der Waals surface area contributed by atoms with Gasteiger partial charge in [0.25, 0.3) is 0 Å². The molecule has 1 saturated heterocycles.